The maximum absolute atomic E-state index is 12.2. The van der Waals surface area contributed by atoms with Crippen LogP contribution < -0.4 is 5.32 Å². The van der Waals surface area contributed by atoms with Crippen molar-refractivity contribution in [3.8, 4) is 0 Å². The summed E-state index contributed by atoms with van der Waals surface area (Å²) < 4.78 is 24.3. The van der Waals surface area contributed by atoms with E-state index in [2.05, 4.69) is 17.1 Å². The Bertz CT molecular complexity index is 164. The van der Waals surface area contributed by atoms with E-state index in [4.69, 9.17) is 0 Å². The molecule has 1 N–H and O–H groups in total. The molecule has 1 fully saturated rings. The SMILES string of the molecule is CCN1CCC(CNC(C)C(F)F)C1. The van der Waals surface area contributed by atoms with Gasteiger partial charge < -0.3 is 10.2 Å². The van der Waals surface area contributed by atoms with Gasteiger partial charge in [0.1, 0.15) is 0 Å². The predicted molar refractivity (Wildman–Crippen MR) is 53.7 cm³/mol. The van der Waals surface area contributed by atoms with Gasteiger partial charge >= 0.3 is 0 Å². The fraction of sp³-hybridized carbons (Fsp3) is 1.00. The first-order chi connectivity index (χ1) is 6.63. The lowest BCUT2D eigenvalue weighted by molar-refractivity contribution is 0.104. The molecule has 2 atom stereocenters. The second-order valence-corrected chi connectivity index (χ2v) is 4.08. The summed E-state index contributed by atoms with van der Waals surface area (Å²) in [5.41, 5.74) is 0. The molecule has 84 valence electrons. The molecule has 1 aliphatic heterocycles. The predicted octanol–water partition coefficient (Wildman–Crippen LogP) is 1.57. The summed E-state index contributed by atoms with van der Waals surface area (Å²) >= 11 is 0. The van der Waals surface area contributed by atoms with Gasteiger partial charge in [-0.1, -0.05) is 6.92 Å². The number of nitrogens with one attached hydrogen (secondary N) is 1. The second kappa shape index (κ2) is 5.61. The highest BCUT2D eigenvalue weighted by molar-refractivity contribution is 4.77. The fourth-order valence-corrected chi connectivity index (χ4v) is 1.81. The van der Waals surface area contributed by atoms with E-state index in [1.165, 1.54) is 6.92 Å². The Labute approximate surface area is 84.7 Å². The minimum absolute atomic E-state index is 0.552. The molecule has 2 unspecified atom stereocenters. The quantitative estimate of drug-likeness (QED) is 0.734. The van der Waals surface area contributed by atoms with E-state index in [9.17, 15) is 8.78 Å². The monoisotopic (exact) mass is 206 g/mol. The molecule has 4 heteroatoms. The lowest BCUT2D eigenvalue weighted by atomic mass is 10.1. The summed E-state index contributed by atoms with van der Waals surface area (Å²) in [6.45, 7) is 7.64. The van der Waals surface area contributed by atoms with Crippen molar-refractivity contribution in [2.24, 2.45) is 5.92 Å². The van der Waals surface area contributed by atoms with Crippen LogP contribution in [0, 0.1) is 5.92 Å². The number of alkyl halides is 2. The molecule has 0 aromatic rings. The first-order valence-electron chi connectivity index (χ1n) is 5.37. The van der Waals surface area contributed by atoms with Crippen molar-refractivity contribution >= 4 is 0 Å². The minimum atomic E-state index is -2.25. The number of hydrogen-bond donors (Lipinski definition) is 1. The Morgan fingerprint density at radius 1 is 1.50 bits per heavy atom. The van der Waals surface area contributed by atoms with Crippen LogP contribution in [0.25, 0.3) is 0 Å². The number of hydrogen-bond acceptors (Lipinski definition) is 2. The van der Waals surface area contributed by atoms with E-state index in [1.54, 1.807) is 0 Å². The van der Waals surface area contributed by atoms with Crippen LogP contribution >= 0.6 is 0 Å². The van der Waals surface area contributed by atoms with Crippen LogP contribution in [0.5, 0.6) is 0 Å². The van der Waals surface area contributed by atoms with E-state index in [1.807, 2.05) is 0 Å². The zero-order chi connectivity index (χ0) is 10.6. The summed E-state index contributed by atoms with van der Waals surface area (Å²) in [6, 6.07) is -0.675. The molecule has 0 spiro atoms. The number of likely N-dealkylation sites (tertiary alicyclic amines) is 1. The summed E-state index contributed by atoms with van der Waals surface area (Å²) in [7, 11) is 0. The molecule has 14 heavy (non-hydrogen) atoms. The average molecular weight is 206 g/mol. The Hall–Kier alpha value is -0.220. The van der Waals surface area contributed by atoms with Crippen LogP contribution in [0.2, 0.25) is 0 Å². The molecule has 0 amide bonds. The molecule has 1 saturated heterocycles. The van der Waals surface area contributed by atoms with Gasteiger partial charge in [-0.2, -0.15) is 0 Å². The maximum atomic E-state index is 12.2. The Balaban J connectivity index is 2.14. The van der Waals surface area contributed by atoms with Gasteiger partial charge in [0.05, 0.1) is 6.04 Å². The zero-order valence-electron chi connectivity index (χ0n) is 8.97. The van der Waals surface area contributed by atoms with Gasteiger partial charge in [-0.25, -0.2) is 8.78 Å². The van der Waals surface area contributed by atoms with E-state index in [0.29, 0.717) is 5.92 Å². The number of rotatable bonds is 5. The van der Waals surface area contributed by atoms with Crippen molar-refractivity contribution in [1.29, 1.82) is 0 Å². The van der Waals surface area contributed by atoms with Gasteiger partial charge in [-0.3, -0.25) is 0 Å². The smallest absolute Gasteiger partial charge is 0.253 e. The summed E-state index contributed by atoms with van der Waals surface area (Å²) in [5.74, 6) is 0.552. The Morgan fingerprint density at radius 3 is 2.71 bits per heavy atom. The van der Waals surface area contributed by atoms with Crippen molar-refractivity contribution in [2.75, 3.05) is 26.2 Å². The molecule has 0 aromatic carbocycles. The maximum Gasteiger partial charge on any atom is 0.253 e. The molecule has 1 aliphatic rings. The normalized spacial score (nSPS) is 25.9. The molecule has 0 saturated carbocycles. The highest BCUT2D eigenvalue weighted by atomic mass is 19.3. The van der Waals surface area contributed by atoms with Crippen molar-refractivity contribution in [1.82, 2.24) is 10.2 Å². The lowest BCUT2D eigenvalue weighted by Gasteiger charge is -2.17. The van der Waals surface area contributed by atoms with Gasteiger partial charge in [-0.15, -0.1) is 0 Å². The zero-order valence-corrected chi connectivity index (χ0v) is 8.97. The van der Waals surface area contributed by atoms with Crippen molar-refractivity contribution in [3.63, 3.8) is 0 Å². The fourth-order valence-electron chi connectivity index (χ4n) is 1.81. The van der Waals surface area contributed by atoms with Crippen LogP contribution in [0.3, 0.4) is 0 Å². The van der Waals surface area contributed by atoms with Crippen LogP contribution in [0.15, 0.2) is 0 Å². The average Bonchev–Trinajstić information content (AvgIpc) is 2.61. The van der Waals surface area contributed by atoms with Crippen molar-refractivity contribution in [3.05, 3.63) is 0 Å². The third kappa shape index (κ3) is 3.50. The van der Waals surface area contributed by atoms with Gasteiger partial charge in [0.2, 0.25) is 0 Å². The van der Waals surface area contributed by atoms with E-state index in [0.717, 1.165) is 32.6 Å². The standard InChI is InChI=1S/C10H20F2N2/c1-3-14-5-4-9(7-14)6-13-8(2)10(11)12/h8-10,13H,3-7H2,1-2H3. The number of halogens is 2. The minimum Gasteiger partial charge on any atom is -0.309 e. The summed E-state index contributed by atoms with van der Waals surface area (Å²) in [4.78, 5) is 2.36. The van der Waals surface area contributed by atoms with Crippen LogP contribution in [-0.4, -0.2) is 43.5 Å². The third-order valence-corrected chi connectivity index (χ3v) is 2.92. The molecule has 1 rings (SSSR count). The molecule has 0 aliphatic carbocycles. The second-order valence-electron chi connectivity index (χ2n) is 4.08. The number of nitrogens with zero attached hydrogens (tertiary/aromatic N) is 1. The Morgan fingerprint density at radius 2 is 2.21 bits per heavy atom. The van der Waals surface area contributed by atoms with Crippen LogP contribution in [0.4, 0.5) is 8.78 Å². The van der Waals surface area contributed by atoms with Gasteiger partial charge in [0.15, 0.2) is 0 Å². The first kappa shape index (κ1) is 11.9. The van der Waals surface area contributed by atoms with Crippen LogP contribution in [0.1, 0.15) is 20.3 Å². The van der Waals surface area contributed by atoms with E-state index in [-0.39, 0.29) is 0 Å². The van der Waals surface area contributed by atoms with E-state index < -0.39 is 12.5 Å². The van der Waals surface area contributed by atoms with Gasteiger partial charge in [0, 0.05) is 6.54 Å². The molecular formula is C10H20F2N2. The molecular weight excluding hydrogens is 186 g/mol. The molecule has 0 aromatic heterocycles. The molecule has 2 nitrogen and oxygen atoms in total. The molecule has 1 heterocycles. The largest absolute Gasteiger partial charge is 0.309 e. The van der Waals surface area contributed by atoms with Crippen molar-refractivity contribution in [2.45, 2.75) is 32.7 Å². The first-order valence-corrected chi connectivity index (χ1v) is 5.37. The van der Waals surface area contributed by atoms with E-state index >= 15 is 0 Å². The third-order valence-electron chi connectivity index (χ3n) is 2.92. The highest BCUT2D eigenvalue weighted by Crippen LogP contribution is 2.15. The molecule has 0 radical (unpaired) electrons. The molecule has 0 bridgehead atoms. The van der Waals surface area contributed by atoms with Crippen molar-refractivity contribution < 1.29 is 8.78 Å². The lowest BCUT2D eigenvalue weighted by Crippen LogP contribution is -2.36. The highest BCUT2D eigenvalue weighted by Gasteiger charge is 2.22. The van der Waals surface area contributed by atoms with Crippen LogP contribution in [-0.2, 0) is 0 Å². The Kier molecular flexibility index (Phi) is 4.75. The summed E-state index contributed by atoms with van der Waals surface area (Å²) in [6.07, 6.45) is -1.12. The van der Waals surface area contributed by atoms with Gasteiger partial charge in [-0.05, 0) is 38.9 Å². The van der Waals surface area contributed by atoms with Gasteiger partial charge in [0.25, 0.3) is 6.43 Å². The summed E-state index contributed by atoms with van der Waals surface area (Å²) in [5, 5.41) is 2.89. The topological polar surface area (TPSA) is 15.3 Å².